The van der Waals surface area contributed by atoms with E-state index in [-0.39, 0.29) is 12.5 Å². The van der Waals surface area contributed by atoms with Gasteiger partial charge < -0.3 is 19.5 Å². The van der Waals surface area contributed by atoms with Crippen LogP contribution in [0.3, 0.4) is 0 Å². The molecule has 1 aromatic rings. The van der Waals surface area contributed by atoms with Crippen LogP contribution < -0.4 is 9.47 Å². The van der Waals surface area contributed by atoms with E-state index in [1.54, 1.807) is 30.1 Å². The number of aliphatic hydroxyl groups is 1. The molecule has 0 fully saturated rings. The van der Waals surface area contributed by atoms with Crippen molar-refractivity contribution in [3.63, 3.8) is 0 Å². The quantitative estimate of drug-likeness (QED) is 0.816. The van der Waals surface area contributed by atoms with E-state index in [0.29, 0.717) is 36.8 Å². The average molecular weight is 293 g/mol. The highest BCUT2D eigenvalue weighted by molar-refractivity contribution is 5.94. The molecular formula is C16H23NO4. The maximum absolute atomic E-state index is 12.4. The third kappa shape index (κ3) is 4.36. The normalized spacial score (nSPS) is 13.6. The van der Waals surface area contributed by atoms with Crippen LogP contribution in [0.5, 0.6) is 11.5 Å². The standard InChI is InChI=1S/C16H23NO4/c1-17(8-3-2-4-9-18)16(19)13-6-7-14-15(12-13)21-11-5-10-20-14/h6-7,12,18H,2-5,8-11H2,1H3. The van der Waals surface area contributed by atoms with E-state index in [4.69, 9.17) is 14.6 Å². The lowest BCUT2D eigenvalue weighted by Gasteiger charge is -2.18. The Kier molecular flexibility index (Phi) is 5.87. The van der Waals surface area contributed by atoms with Crippen molar-refractivity contribution in [1.29, 1.82) is 0 Å². The van der Waals surface area contributed by atoms with Crippen molar-refractivity contribution in [3.05, 3.63) is 23.8 Å². The highest BCUT2D eigenvalue weighted by atomic mass is 16.5. The van der Waals surface area contributed by atoms with Gasteiger partial charge in [0.1, 0.15) is 0 Å². The molecule has 0 bridgehead atoms. The number of carbonyl (C=O) groups is 1. The molecule has 0 saturated heterocycles. The minimum Gasteiger partial charge on any atom is -0.490 e. The first-order valence-corrected chi connectivity index (χ1v) is 7.48. The number of amides is 1. The first kappa shape index (κ1) is 15.6. The predicted octanol–water partition coefficient (Wildman–Crippen LogP) is 2.08. The summed E-state index contributed by atoms with van der Waals surface area (Å²) in [6.45, 7) is 2.15. The highest BCUT2D eigenvalue weighted by Gasteiger charge is 2.16. The van der Waals surface area contributed by atoms with Gasteiger partial charge in [-0.15, -0.1) is 0 Å². The number of fused-ring (bicyclic) bond motifs is 1. The molecule has 0 aromatic heterocycles. The molecular weight excluding hydrogens is 270 g/mol. The first-order chi connectivity index (χ1) is 10.2. The van der Waals surface area contributed by atoms with E-state index in [1.807, 2.05) is 0 Å². The van der Waals surface area contributed by atoms with Crippen LogP contribution in [-0.2, 0) is 0 Å². The fraction of sp³-hybridized carbons (Fsp3) is 0.562. The molecule has 5 nitrogen and oxygen atoms in total. The molecule has 1 aromatic carbocycles. The number of hydrogen-bond acceptors (Lipinski definition) is 4. The zero-order chi connectivity index (χ0) is 15.1. The molecule has 1 amide bonds. The molecule has 0 spiro atoms. The molecule has 0 saturated carbocycles. The summed E-state index contributed by atoms with van der Waals surface area (Å²) in [6, 6.07) is 5.33. The Morgan fingerprint density at radius 1 is 1.19 bits per heavy atom. The number of hydrogen-bond donors (Lipinski definition) is 1. The van der Waals surface area contributed by atoms with E-state index in [1.165, 1.54) is 0 Å². The van der Waals surface area contributed by atoms with Crippen LogP contribution in [0.2, 0.25) is 0 Å². The lowest BCUT2D eigenvalue weighted by molar-refractivity contribution is 0.0791. The molecule has 2 rings (SSSR count). The Hall–Kier alpha value is -1.75. The summed E-state index contributed by atoms with van der Waals surface area (Å²) >= 11 is 0. The van der Waals surface area contributed by atoms with Crippen molar-refractivity contribution in [2.45, 2.75) is 25.7 Å². The fourth-order valence-electron chi connectivity index (χ4n) is 2.26. The second kappa shape index (κ2) is 7.88. The van der Waals surface area contributed by atoms with Crippen molar-refractivity contribution in [2.24, 2.45) is 0 Å². The molecule has 21 heavy (non-hydrogen) atoms. The molecule has 1 aliphatic rings. The van der Waals surface area contributed by atoms with Crippen LogP contribution in [0.25, 0.3) is 0 Å². The summed E-state index contributed by atoms with van der Waals surface area (Å²) < 4.78 is 11.2. The van der Waals surface area contributed by atoms with Gasteiger partial charge in [-0.3, -0.25) is 4.79 Å². The van der Waals surface area contributed by atoms with E-state index < -0.39 is 0 Å². The van der Waals surface area contributed by atoms with Gasteiger partial charge >= 0.3 is 0 Å². The summed E-state index contributed by atoms with van der Waals surface area (Å²) in [5.41, 5.74) is 0.615. The molecule has 1 aliphatic heterocycles. The van der Waals surface area contributed by atoms with Crippen LogP contribution in [0.4, 0.5) is 0 Å². The van der Waals surface area contributed by atoms with E-state index >= 15 is 0 Å². The Balaban J connectivity index is 1.97. The maximum Gasteiger partial charge on any atom is 0.253 e. The number of aliphatic hydroxyl groups excluding tert-OH is 1. The van der Waals surface area contributed by atoms with Crippen LogP contribution in [0.15, 0.2) is 18.2 Å². The zero-order valence-electron chi connectivity index (χ0n) is 12.5. The van der Waals surface area contributed by atoms with Gasteiger partial charge in [0.05, 0.1) is 13.2 Å². The minimum absolute atomic E-state index is 0.0188. The number of benzene rings is 1. The minimum atomic E-state index is -0.0188. The second-order valence-corrected chi connectivity index (χ2v) is 5.22. The monoisotopic (exact) mass is 293 g/mol. The van der Waals surface area contributed by atoms with Gasteiger partial charge in [0, 0.05) is 32.2 Å². The first-order valence-electron chi connectivity index (χ1n) is 7.48. The molecule has 0 aliphatic carbocycles. The van der Waals surface area contributed by atoms with Crippen molar-refractivity contribution in [2.75, 3.05) is 33.4 Å². The number of unbranched alkanes of at least 4 members (excludes halogenated alkanes) is 2. The van der Waals surface area contributed by atoms with Gasteiger partial charge in [-0.2, -0.15) is 0 Å². The van der Waals surface area contributed by atoms with Gasteiger partial charge in [-0.05, 0) is 37.5 Å². The van der Waals surface area contributed by atoms with E-state index in [9.17, 15) is 4.79 Å². The van der Waals surface area contributed by atoms with Crippen LogP contribution >= 0.6 is 0 Å². The molecule has 1 N–H and O–H groups in total. The molecule has 5 heteroatoms. The summed E-state index contributed by atoms with van der Waals surface area (Å²) in [4.78, 5) is 14.1. The Morgan fingerprint density at radius 2 is 1.95 bits per heavy atom. The second-order valence-electron chi connectivity index (χ2n) is 5.22. The van der Waals surface area contributed by atoms with Crippen LogP contribution in [0, 0.1) is 0 Å². The maximum atomic E-state index is 12.4. The van der Waals surface area contributed by atoms with Crippen molar-refractivity contribution in [3.8, 4) is 11.5 Å². The average Bonchev–Trinajstić information content (AvgIpc) is 2.75. The Labute approximate surface area is 125 Å². The smallest absolute Gasteiger partial charge is 0.253 e. The number of carbonyl (C=O) groups excluding carboxylic acids is 1. The lowest BCUT2D eigenvalue weighted by atomic mass is 10.1. The Morgan fingerprint density at radius 3 is 2.71 bits per heavy atom. The van der Waals surface area contributed by atoms with Gasteiger partial charge in [0.15, 0.2) is 11.5 Å². The Bertz CT molecular complexity index is 475. The van der Waals surface area contributed by atoms with Crippen LogP contribution in [0.1, 0.15) is 36.0 Å². The molecule has 0 atom stereocenters. The highest BCUT2D eigenvalue weighted by Crippen LogP contribution is 2.30. The fourth-order valence-corrected chi connectivity index (χ4v) is 2.26. The largest absolute Gasteiger partial charge is 0.490 e. The van der Waals surface area contributed by atoms with Crippen molar-refractivity contribution >= 4 is 5.91 Å². The lowest BCUT2D eigenvalue weighted by Crippen LogP contribution is -2.27. The summed E-state index contributed by atoms with van der Waals surface area (Å²) in [5.74, 6) is 1.33. The molecule has 0 radical (unpaired) electrons. The topological polar surface area (TPSA) is 59.0 Å². The zero-order valence-corrected chi connectivity index (χ0v) is 12.5. The number of ether oxygens (including phenoxy) is 2. The van der Waals surface area contributed by atoms with Gasteiger partial charge in [0.25, 0.3) is 5.91 Å². The summed E-state index contributed by atoms with van der Waals surface area (Å²) in [5, 5.41) is 8.75. The third-order valence-corrected chi connectivity index (χ3v) is 3.49. The van der Waals surface area contributed by atoms with Gasteiger partial charge in [-0.25, -0.2) is 0 Å². The third-order valence-electron chi connectivity index (χ3n) is 3.49. The number of rotatable bonds is 6. The molecule has 0 unspecified atom stereocenters. The van der Waals surface area contributed by atoms with Gasteiger partial charge in [0.2, 0.25) is 0 Å². The summed E-state index contributed by atoms with van der Waals surface area (Å²) in [6.07, 6.45) is 3.46. The van der Waals surface area contributed by atoms with Crippen molar-refractivity contribution in [1.82, 2.24) is 4.90 Å². The van der Waals surface area contributed by atoms with Gasteiger partial charge in [-0.1, -0.05) is 0 Å². The van der Waals surface area contributed by atoms with Crippen molar-refractivity contribution < 1.29 is 19.4 Å². The van der Waals surface area contributed by atoms with Crippen LogP contribution in [-0.4, -0.2) is 49.3 Å². The summed E-state index contributed by atoms with van der Waals surface area (Å²) in [7, 11) is 1.80. The number of nitrogens with zero attached hydrogens (tertiary/aromatic N) is 1. The van der Waals surface area contributed by atoms with E-state index in [2.05, 4.69) is 0 Å². The van der Waals surface area contributed by atoms with E-state index in [0.717, 1.165) is 25.7 Å². The SMILES string of the molecule is CN(CCCCCO)C(=O)c1ccc2c(c1)OCCCO2. The molecule has 1 heterocycles. The molecule has 116 valence electrons. The predicted molar refractivity (Wildman–Crippen MR) is 79.9 cm³/mol.